The van der Waals surface area contributed by atoms with Crippen molar-refractivity contribution in [2.24, 2.45) is 0 Å². The Morgan fingerprint density at radius 1 is 1.22 bits per heavy atom. The predicted molar refractivity (Wildman–Crippen MR) is 67.6 cm³/mol. The SMILES string of the molecule is CC(C)(C)c1noc(-c2ccccc2)c1C(=O)O. The first-order valence-electron chi connectivity index (χ1n) is 5.70. The number of carboxylic acids is 1. The van der Waals surface area contributed by atoms with E-state index in [1.54, 1.807) is 12.1 Å². The van der Waals surface area contributed by atoms with Crippen molar-refractivity contribution in [3.63, 3.8) is 0 Å². The third kappa shape index (κ3) is 2.14. The van der Waals surface area contributed by atoms with Gasteiger partial charge in [-0.15, -0.1) is 0 Å². The fourth-order valence-electron chi connectivity index (χ4n) is 1.79. The van der Waals surface area contributed by atoms with Gasteiger partial charge < -0.3 is 9.63 Å². The molecule has 1 heterocycles. The minimum atomic E-state index is -1.01. The number of carboxylic acid groups (broad SMARTS) is 1. The Balaban J connectivity index is 2.64. The highest BCUT2D eigenvalue weighted by Gasteiger charge is 2.30. The van der Waals surface area contributed by atoms with E-state index in [9.17, 15) is 9.90 Å². The lowest BCUT2D eigenvalue weighted by atomic mass is 9.88. The van der Waals surface area contributed by atoms with Crippen molar-refractivity contribution in [2.45, 2.75) is 26.2 Å². The van der Waals surface area contributed by atoms with Crippen LogP contribution in [0.1, 0.15) is 36.8 Å². The third-order valence-electron chi connectivity index (χ3n) is 2.65. The monoisotopic (exact) mass is 245 g/mol. The van der Waals surface area contributed by atoms with Gasteiger partial charge in [0.2, 0.25) is 0 Å². The van der Waals surface area contributed by atoms with Gasteiger partial charge in [-0.05, 0) is 0 Å². The number of nitrogens with zero attached hydrogens (tertiary/aromatic N) is 1. The van der Waals surface area contributed by atoms with E-state index in [-0.39, 0.29) is 11.0 Å². The molecule has 0 atom stereocenters. The smallest absolute Gasteiger partial charge is 0.341 e. The van der Waals surface area contributed by atoms with Crippen LogP contribution in [0.15, 0.2) is 34.9 Å². The molecule has 4 nitrogen and oxygen atoms in total. The lowest BCUT2D eigenvalue weighted by Crippen LogP contribution is -2.16. The zero-order valence-electron chi connectivity index (χ0n) is 10.6. The maximum atomic E-state index is 11.4. The Morgan fingerprint density at radius 3 is 2.33 bits per heavy atom. The molecule has 0 aliphatic rings. The minimum absolute atomic E-state index is 0.147. The van der Waals surface area contributed by atoms with Crippen LogP contribution in [-0.2, 0) is 5.41 Å². The number of rotatable bonds is 2. The van der Waals surface area contributed by atoms with Gasteiger partial charge >= 0.3 is 5.97 Å². The number of hydrogen-bond donors (Lipinski definition) is 1. The van der Waals surface area contributed by atoms with Crippen molar-refractivity contribution >= 4 is 5.97 Å². The van der Waals surface area contributed by atoms with E-state index >= 15 is 0 Å². The average molecular weight is 245 g/mol. The molecule has 0 radical (unpaired) electrons. The molecule has 1 aromatic heterocycles. The molecule has 0 bridgehead atoms. The van der Waals surface area contributed by atoms with Crippen LogP contribution in [0.2, 0.25) is 0 Å². The lowest BCUT2D eigenvalue weighted by Gasteiger charge is -2.14. The van der Waals surface area contributed by atoms with Crippen molar-refractivity contribution in [3.8, 4) is 11.3 Å². The molecule has 0 spiro atoms. The number of hydrogen-bond acceptors (Lipinski definition) is 3. The van der Waals surface area contributed by atoms with E-state index in [2.05, 4.69) is 5.16 Å². The van der Waals surface area contributed by atoms with Gasteiger partial charge in [0.1, 0.15) is 11.3 Å². The molecule has 0 unspecified atom stereocenters. The molecule has 94 valence electrons. The maximum Gasteiger partial charge on any atom is 0.341 e. The maximum absolute atomic E-state index is 11.4. The summed E-state index contributed by atoms with van der Waals surface area (Å²) in [5, 5.41) is 13.3. The summed E-state index contributed by atoms with van der Waals surface area (Å²) in [6, 6.07) is 9.14. The van der Waals surface area contributed by atoms with Crippen LogP contribution in [0.25, 0.3) is 11.3 Å². The molecule has 0 aliphatic heterocycles. The fraction of sp³-hybridized carbons (Fsp3) is 0.286. The van der Waals surface area contributed by atoms with E-state index in [4.69, 9.17) is 4.52 Å². The molecule has 0 aliphatic carbocycles. The highest BCUT2D eigenvalue weighted by atomic mass is 16.5. The van der Waals surface area contributed by atoms with Crippen molar-refractivity contribution in [3.05, 3.63) is 41.6 Å². The van der Waals surface area contributed by atoms with E-state index in [1.165, 1.54) is 0 Å². The van der Waals surface area contributed by atoms with Crippen LogP contribution < -0.4 is 0 Å². The van der Waals surface area contributed by atoms with E-state index in [1.807, 2.05) is 39.0 Å². The summed E-state index contributed by atoms with van der Waals surface area (Å²) >= 11 is 0. The molecule has 18 heavy (non-hydrogen) atoms. The van der Waals surface area contributed by atoms with Gasteiger partial charge in [-0.25, -0.2) is 4.79 Å². The molecular weight excluding hydrogens is 230 g/mol. The van der Waals surface area contributed by atoms with Gasteiger partial charge in [-0.3, -0.25) is 0 Å². The molecule has 2 aromatic rings. The Hall–Kier alpha value is -2.10. The Morgan fingerprint density at radius 2 is 1.83 bits per heavy atom. The van der Waals surface area contributed by atoms with Crippen LogP contribution in [0.3, 0.4) is 0 Å². The van der Waals surface area contributed by atoms with Crippen molar-refractivity contribution in [1.82, 2.24) is 5.16 Å². The summed E-state index contributed by atoms with van der Waals surface area (Å²) in [4.78, 5) is 11.4. The highest BCUT2D eigenvalue weighted by molar-refractivity contribution is 5.95. The Bertz CT molecular complexity index is 564. The molecule has 1 aromatic carbocycles. The summed E-state index contributed by atoms with van der Waals surface area (Å²) in [5.41, 5.74) is 0.963. The lowest BCUT2D eigenvalue weighted by molar-refractivity contribution is 0.0694. The van der Waals surface area contributed by atoms with Crippen LogP contribution in [0.5, 0.6) is 0 Å². The van der Waals surface area contributed by atoms with Crippen molar-refractivity contribution < 1.29 is 14.4 Å². The van der Waals surface area contributed by atoms with E-state index in [0.717, 1.165) is 5.56 Å². The zero-order chi connectivity index (χ0) is 13.3. The summed E-state index contributed by atoms with van der Waals surface area (Å²) in [6.45, 7) is 5.73. The molecular formula is C14H15NO3. The minimum Gasteiger partial charge on any atom is -0.477 e. The largest absolute Gasteiger partial charge is 0.477 e. The molecule has 0 saturated carbocycles. The molecule has 0 fully saturated rings. The van der Waals surface area contributed by atoms with Crippen molar-refractivity contribution in [1.29, 1.82) is 0 Å². The standard InChI is InChI=1S/C14H15NO3/c1-14(2,3)12-10(13(16)17)11(18-15-12)9-7-5-4-6-8-9/h4-8H,1-3H3,(H,16,17). The molecule has 2 rings (SSSR count). The second-order valence-electron chi connectivity index (χ2n) is 5.16. The van der Waals surface area contributed by atoms with Gasteiger partial charge in [-0.1, -0.05) is 56.3 Å². The van der Waals surface area contributed by atoms with E-state index in [0.29, 0.717) is 11.5 Å². The van der Waals surface area contributed by atoms with Gasteiger partial charge in [0.05, 0.1) is 0 Å². The fourth-order valence-corrected chi connectivity index (χ4v) is 1.79. The molecule has 0 amide bonds. The van der Waals surface area contributed by atoms with Crippen LogP contribution in [0.4, 0.5) is 0 Å². The first-order chi connectivity index (χ1) is 8.41. The second kappa shape index (κ2) is 4.29. The summed E-state index contributed by atoms with van der Waals surface area (Å²) in [7, 11) is 0. The quantitative estimate of drug-likeness (QED) is 0.881. The predicted octanol–water partition coefficient (Wildman–Crippen LogP) is 3.34. The highest BCUT2D eigenvalue weighted by Crippen LogP contribution is 2.32. The number of carbonyl (C=O) groups is 1. The normalized spacial score (nSPS) is 11.5. The zero-order valence-corrected chi connectivity index (χ0v) is 10.6. The van der Waals surface area contributed by atoms with Gasteiger partial charge in [-0.2, -0.15) is 0 Å². The first-order valence-corrected chi connectivity index (χ1v) is 5.70. The third-order valence-corrected chi connectivity index (χ3v) is 2.65. The number of aromatic nitrogens is 1. The summed E-state index contributed by atoms with van der Waals surface area (Å²) in [5.74, 6) is -0.701. The van der Waals surface area contributed by atoms with Gasteiger partial charge in [0.15, 0.2) is 5.76 Å². The van der Waals surface area contributed by atoms with Crippen LogP contribution in [-0.4, -0.2) is 16.2 Å². The Labute approximate surface area is 105 Å². The number of aromatic carboxylic acids is 1. The van der Waals surface area contributed by atoms with Crippen LogP contribution >= 0.6 is 0 Å². The Kier molecular flexibility index (Phi) is 2.95. The average Bonchev–Trinajstić information content (AvgIpc) is 2.74. The van der Waals surface area contributed by atoms with Crippen molar-refractivity contribution in [2.75, 3.05) is 0 Å². The topological polar surface area (TPSA) is 63.3 Å². The number of benzene rings is 1. The molecule has 0 saturated heterocycles. The summed E-state index contributed by atoms with van der Waals surface area (Å²) in [6.07, 6.45) is 0. The first kappa shape index (κ1) is 12.4. The second-order valence-corrected chi connectivity index (χ2v) is 5.16. The van der Waals surface area contributed by atoms with Crippen LogP contribution in [0, 0.1) is 0 Å². The molecule has 1 N–H and O–H groups in total. The van der Waals surface area contributed by atoms with E-state index < -0.39 is 5.97 Å². The molecule has 4 heteroatoms. The van der Waals surface area contributed by atoms with Gasteiger partial charge in [0.25, 0.3) is 0 Å². The van der Waals surface area contributed by atoms with Gasteiger partial charge in [0, 0.05) is 11.0 Å². The summed E-state index contributed by atoms with van der Waals surface area (Å²) < 4.78 is 5.24.